The summed E-state index contributed by atoms with van der Waals surface area (Å²) in [6, 6.07) is 0. The molecule has 7 nitrogen and oxygen atoms in total. The minimum Gasteiger partial charge on any atom is -0.475 e. The fourth-order valence-corrected chi connectivity index (χ4v) is 5.54. The van der Waals surface area contributed by atoms with Crippen LogP contribution in [0.2, 0.25) is 0 Å². The van der Waals surface area contributed by atoms with Crippen LogP contribution in [0, 0.1) is 11.8 Å². The highest BCUT2D eigenvalue weighted by atomic mass is 16.7. The van der Waals surface area contributed by atoms with E-state index in [4.69, 9.17) is 14.2 Å². The molecular weight excluding hydrogens is 472 g/mol. The Kier molecular flexibility index (Phi) is 14.6. The van der Waals surface area contributed by atoms with Crippen LogP contribution in [0.25, 0.3) is 0 Å². The number of unbranched alkanes of at least 4 members (excludes halogenated alkanes) is 5. The van der Waals surface area contributed by atoms with Crippen LogP contribution in [0.4, 0.5) is 0 Å². The zero-order valence-electron chi connectivity index (χ0n) is 23.2. The van der Waals surface area contributed by atoms with E-state index in [1.54, 1.807) is 0 Å². The Morgan fingerprint density at radius 1 is 0.892 bits per heavy atom. The molecule has 1 heterocycles. The molecule has 7 heteroatoms. The van der Waals surface area contributed by atoms with E-state index in [9.17, 15) is 19.5 Å². The molecule has 0 aromatic heterocycles. The van der Waals surface area contributed by atoms with Gasteiger partial charge >= 0.3 is 11.9 Å². The number of carbonyl (C=O) groups excluding carboxylic acids is 2. The van der Waals surface area contributed by atoms with Crippen molar-refractivity contribution in [1.29, 1.82) is 0 Å². The summed E-state index contributed by atoms with van der Waals surface area (Å²) in [7, 11) is 0. The summed E-state index contributed by atoms with van der Waals surface area (Å²) in [6.45, 7) is 6.28. The maximum Gasteiger partial charge on any atom is 0.371 e. The van der Waals surface area contributed by atoms with Crippen molar-refractivity contribution in [2.75, 3.05) is 6.61 Å². The first-order valence-corrected chi connectivity index (χ1v) is 14.3. The van der Waals surface area contributed by atoms with Crippen molar-refractivity contribution in [2.24, 2.45) is 11.8 Å². The fraction of sp³-hybridized carbons (Fsp3) is 0.767. The highest BCUT2D eigenvalue weighted by molar-refractivity contribution is 5.97. The number of carboxylic acid groups (broad SMARTS) is 1. The molecule has 1 unspecified atom stereocenters. The lowest BCUT2D eigenvalue weighted by molar-refractivity contribution is -0.160. The predicted octanol–water partition coefficient (Wildman–Crippen LogP) is 6.89. The van der Waals surface area contributed by atoms with Crippen molar-refractivity contribution >= 4 is 17.7 Å². The summed E-state index contributed by atoms with van der Waals surface area (Å²) < 4.78 is 16.5. The molecule has 0 spiro atoms. The van der Waals surface area contributed by atoms with E-state index in [1.807, 2.05) is 0 Å². The van der Waals surface area contributed by atoms with Gasteiger partial charge in [-0.1, -0.05) is 43.8 Å². The third-order valence-corrected chi connectivity index (χ3v) is 7.41. The highest BCUT2D eigenvalue weighted by Gasteiger charge is 2.37. The highest BCUT2D eigenvalue weighted by Crippen LogP contribution is 2.40. The van der Waals surface area contributed by atoms with Crippen LogP contribution in [0.15, 0.2) is 23.5 Å². The Morgan fingerprint density at radius 2 is 1.65 bits per heavy atom. The maximum atomic E-state index is 12.5. The third-order valence-electron chi connectivity index (χ3n) is 7.41. The van der Waals surface area contributed by atoms with Crippen molar-refractivity contribution in [2.45, 2.75) is 129 Å². The van der Waals surface area contributed by atoms with Gasteiger partial charge in [0.05, 0.1) is 6.61 Å². The summed E-state index contributed by atoms with van der Waals surface area (Å²) in [5.41, 5.74) is 1.39. The minimum atomic E-state index is -1.26. The molecule has 2 fully saturated rings. The van der Waals surface area contributed by atoms with E-state index in [0.717, 1.165) is 44.6 Å². The van der Waals surface area contributed by atoms with E-state index in [-0.39, 0.29) is 36.0 Å². The second-order valence-electron chi connectivity index (χ2n) is 10.9. The van der Waals surface area contributed by atoms with Gasteiger partial charge in [0.25, 0.3) is 0 Å². The molecule has 0 radical (unpaired) electrons. The van der Waals surface area contributed by atoms with Crippen LogP contribution in [0.3, 0.4) is 0 Å². The molecule has 1 aliphatic heterocycles. The first-order valence-electron chi connectivity index (χ1n) is 14.3. The molecule has 4 atom stereocenters. The molecule has 1 saturated heterocycles. The van der Waals surface area contributed by atoms with Crippen molar-refractivity contribution < 1.29 is 33.7 Å². The van der Waals surface area contributed by atoms with Gasteiger partial charge in [-0.05, 0) is 77.0 Å². The number of rotatable bonds is 17. The van der Waals surface area contributed by atoms with Crippen LogP contribution >= 0.6 is 0 Å². The topological polar surface area (TPSA) is 99.1 Å². The number of hydrogen-bond acceptors (Lipinski definition) is 6. The van der Waals surface area contributed by atoms with Crippen LogP contribution in [-0.4, -0.2) is 41.8 Å². The van der Waals surface area contributed by atoms with Gasteiger partial charge in [-0.2, -0.15) is 0 Å². The van der Waals surface area contributed by atoms with Gasteiger partial charge in [-0.15, -0.1) is 0 Å². The normalized spacial score (nSPS) is 23.9. The second kappa shape index (κ2) is 17.4. The largest absolute Gasteiger partial charge is 0.475 e. The molecule has 2 aliphatic rings. The average molecular weight is 521 g/mol. The summed E-state index contributed by atoms with van der Waals surface area (Å²) in [6.07, 6.45) is 17.2. The molecule has 210 valence electrons. The minimum absolute atomic E-state index is 0.0846. The lowest BCUT2D eigenvalue weighted by Gasteiger charge is -2.25. The number of allylic oxidation sites excluding steroid dienone is 3. The number of esters is 1. The molecule has 0 aromatic rings. The van der Waals surface area contributed by atoms with E-state index < -0.39 is 12.3 Å². The van der Waals surface area contributed by atoms with Gasteiger partial charge in [-0.25, -0.2) is 4.79 Å². The Bertz CT molecular complexity index is 775. The molecule has 1 N–H and O–H groups in total. The summed E-state index contributed by atoms with van der Waals surface area (Å²) in [5, 5.41) is 9.44. The van der Waals surface area contributed by atoms with Gasteiger partial charge in [-0.3, -0.25) is 9.59 Å². The molecule has 0 aromatic carbocycles. The zero-order valence-corrected chi connectivity index (χ0v) is 23.2. The standard InChI is InChI=1S/C30H48O7/c1-22(2)13-8-6-4-5-7-9-14-24-18-19-27(36-23(3)31)26(24)16-12-15-25(32)21-28(30(33)34)37-29-17-10-11-20-35-29/h13,21,24,26-27,29H,4-12,14-20H2,1-3H3,(H,33,34)/t24-,26+,27+,29?/m0/s1. The Balaban J connectivity index is 1.79. The summed E-state index contributed by atoms with van der Waals surface area (Å²) in [5.74, 6) is -1.37. The molecule has 1 aliphatic carbocycles. The van der Waals surface area contributed by atoms with Crippen molar-refractivity contribution in [1.82, 2.24) is 0 Å². The van der Waals surface area contributed by atoms with Crippen molar-refractivity contribution in [3.05, 3.63) is 23.5 Å². The van der Waals surface area contributed by atoms with Gasteiger partial charge in [0, 0.05) is 25.8 Å². The summed E-state index contributed by atoms with van der Waals surface area (Å²) in [4.78, 5) is 35.7. The molecule has 0 bridgehead atoms. The Hall–Kier alpha value is -2.15. The van der Waals surface area contributed by atoms with Crippen LogP contribution in [0.1, 0.15) is 117 Å². The van der Waals surface area contributed by atoms with Crippen LogP contribution in [0.5, 0.6) is 0 Å². The van der Waals surface area contributed by atoms with E-state index in [2.05, 4.69) is 19.9 Å². The fourth-order valence-electron chi connectivity index (χ4n) is 5.54. The first-order chi connectivity index (χ1) is 17.8. The van der Waals surface area contributed by atoms with Gasteiger partial charge in [0.1, 0.15) is 6.10 Å². The predicted molar refractivity (Wildman–Crippen MR) is 143 cm³/mol. The SMILES string of the molecule is CC(=O)O[C@@H]1CC[C@H](CCCCCCCC=C(C)C)[C@H]1CCCC(=O)C=C(OC1CCCCO1)C(=O)O. The quantitative estimate of drug-likeness (QED) is 0.0732. The third kappa shape index (κ3) is 12.8. The molecule has 1 saturated carbocycles. The van der Waals surface area contributed by atoms with Crippen molar-refractivity contribution in [3.8, 4) is 0 Å². The first kappa shape index (κ1) is 31.1. The molecule has 2 rings (SSSR count). The molecule has 0 amide bonds. The van der Waals surface area contributed by atoms with Crippen LogP contribution in [-0.2, 0) is 28.6 Å². The number of hydrogen-bond donors (Lipinski definition) is 1. The average Bonchev–Trinajstić information content (AvgIpc) is 3.21. The zero-order chi connectivity index (χ0) is 27.0. The lowest BCUT2D eigenvalue weighted by atomic mass is 9.85. The van der Waals surface area contributed by atoms with Gasteiger partial charge < -0.3 is 19.3 Å². The lowest BCUT2D eigenvalue weighted by Crippen LogP contribution is -2.25. The second-order valence-corrected chi connectivity index (χ2v) is 10.9. The molecular formula is C30H48O7. The van der Waals surface area contributed by atoms with E-state index >= 15 is 0 Å². The Morgan fingerprint density at radius 3 is 2.32 bits per heavy atom. The number of ketones is 1. The number of ether oxygens (including phenoxy) is 3. The smallest absolute Gasteiger partial charge is 0.371 e. The monoisotopic (exact) mass is 520 g/mol. The number of carboxylic acids is 1. The van der Waals surface area contributed by atoms with Gasteiger partial charge in [0.15, 0.2) is 12.1 Å². The summed E-state index contributed by atoms with van der Waals surface area (Å²) >= 11 is 0. The molecule has 37 heavy (non-hydrogen) atoms. The van der Waals surface area contributed by atoms with Gasteiger partial charge in [0.2, 0.25) is 5.76 Å². The number of carbonyl (C=O) groups is 3. The van der Waals surface area contributed by atoms with E-state index in [0.29, 0.717) is 25.4 Å². The van der Waals surface area contributed by atoms with E-state index in [1.165, 1.54) is 51.0 Å². The van der Waals surface area contributed by atoms with Crippen molar-refractivity contribution in [3.63, 3.8) is 0 Å². The number of aliphatic carboxylic acids is 1. The van der Waals surface area contributed by atoms with Crippen LogP contribution < -0.4 is 0 Å². The Labute approximate surface area is 223 Å². The maximum absolute atomic E-state index is 12.5.